The molecule has 0 radical (unpaired) electrons. The van der Waals surface area contributed by atoms with Gasteiger partial charge in [0.1, 0.15) is 6.23 Å². The van der Waals surface area contributed by atoms with Crippen molar-refractivity contribution in [3.05, 3.63) is 35.9 Å². The summed E-state index contributed by atoms with van der Waals surface area (Å²) in [7, 11) is 0. The third-order valence-electron chi connectivity index (χ3n) is 3.45. The van der Waals surface area contributed by atoms with E-state index in [4.69, 9.17) is 0 Å². The fourth-order valence-corrected chi connectivity index (χ4v) is 2.43. The van der Waals surface area contributed by atoms with E-state index in [9.17, 15) is 5.11 Å². The minimum absolute atomic E-state index is 0.333. The molecule has 1 aromatic rings. The van der Waals surface area contributed by atoms with Gasteiger partial charge in [-0.3, -0.25) is 5.32 Å². The number of aliphatic hydroxyl groups is 1. The van der Waals surface area contributed by atoms with Gasteiger partial charge in [0.15, 0.2) is 0 Å². The molecule has 1 aliphatic rings. The largest absolute Gasteiger partial charge is 0.378 e. The average molecular weight is 219 g/mol. The Morgan fingerprint density at radius 2 is 1.81 bits per heavy atom. The second-order valence-electron chi connectivity index (χ2n) is 4.71. The Balaban J connectivity index is 1.76. The van der Waals surface area contributed by atoms with Gasteiger partial charge in [-0.2, -0.15) is 0 Å². The zero-order valence-corrected chi connectivity index (χ0v) is 9.73. The molecule has 88 valence electrons. The Kier molecular flexibility index (Phi) is 4.37. The summed E-state index contributed by atoms with van der Waals surface area (Å²) in [6.07, 6.45) is 5.89. The van der Waals surface area contributed by atoms with E-state index in [1.807, 2.05) is 18.2 Å². The smallest absolute Gasteiger partial charge is 0.108 e. The lowest BCUT2D eigenvalue weighted by molar-refractivity contribution is 0.0537. The topological polar surface area (TPSA) is 32.3 Å². The Morgan fingerprint density at radius 1 is 1.12 bits per heavy atom. The number of hydrogen-bond acceptors (Lipinski definition) is 2. The Labute approximate surface area is 97.7 Å². The number of aliphatic hydroxyl groups excluding tert-OH is 1. The maximum absolute atomic E-state index is 10.0. The summed E-state index contributed by atoms with van der Waals surface area (Å²) in [6.45, 7) is 0.762. The number of nitrogens with one attached hydrogen (secondary N) is 1. The van der Waals surface area contributed by atoms with Crippen LogP contribution >= 0.6 is 0 Å². The minimum atomic E-state index is -0.333. The van der Waals surface area contributed by atoms with Crippen molar-refractivity contribution in [3.63, 3.8) is 0 Å². The summed E-state index contributed by atoms with van der Waals surface area (Å²) in [5, 5.41) is 13.2. The first kappa shape index (κ1) is 11.6. The maximum Gasteiger partial charge on any atom is 0.108 e. The molecule has 0 spiro atoms. The van der Waals surface area contributed by atoms with Crippen molar-refractivity contribution >= 4 is 0 Å². The Hall–Kier alpha value is -0.860. The molecule has 2 rings (SSSR count). The summed E-state index contributed by atoms with van der Waals surface area (Å²) >= 11 is 0. The van der Waals surface area contributed by atoms with Crippen LogP contribution in [0.25, 0.3) is 0 Å². The van der Waals surface area contributed by atoms with Gasteiger partial charge in [-0.25, -0.2) is 0 Å². The molecule has 2 heteroatoms. The van der Waals surface area contributed by atoms with Crippen LogP contribution < -0.4 is 5.32 Å². The molecule has 0 aromatic heterocycles. The van der Waals surface area contributed by atoms with Crippen LogP contribution in [0.2, 0.25) is 0 Å². The zero-order chi connectivity index (χ0) is 11.2. The number of benzene rings is 1. The van der Waals surface area contributed by atoms with Crippen molar-refractivity contribution in [3.8, 4) is 0 Å². The van der Waals surface area contributed by atoms with Crippen molar-refractivity contribution in [2.45, 2.75) is 44.9 Å². The Morgan fingerprint density at radius 3 is 2.50 bits per heavy atom. The molecule has 0 bridgehead atoms. The molecule has 1 unspecified atom stereocenters. The first-order chi connectivity index (χ1) is 7.86. The fraction of sp³-hybridized carbons (Fsp3) is 0.571. The maximum atomic E-state index is 10.0. The van der Waals surface area contributed by atoms with Gasteiger partial charge in [-0.1, -0.05) is 49.6 Å². The molecule has 16 heavy (non-hydrogen) atoms. The fourth-order valence-electron chi connectivity index (χ4n) is 2.43. The van der Waals surface area contributed by atoms with Gasteiger partial charge in [0.2, 0.25) is 0 Å². The summed E-state index contributed by atoms with van der Waals surface area (Å²) in [5.41, 5.74) is 1.23. The highest BCUT2D eigenvalue weighted by Crippen LogP contribution is 2.25. The van der Waals surface area contributed by atoms with Crippen LogP contribution in [0.3, 0.4) is 0 Å². The molecule has 1 atom stereocenters. The van der Waals surface area contributed by atoms with Crippen molar-refractivity contribution in [2.24, 2.45) is 5.92 Å². The van der Waals surface area contributed by atoms with Crippen LogP contribution in [0.5, 0.6) is 0 Å². The van der Waals surface area contributed by atoms with Gasteiger partial charge >= 0.3 is 0 Å². The molecule has 1 aliphatic carbocycles. The van der Waals surface area contributed by atoms with E-state index in [1.54, 1.807) is 0 Å². The van der Waals surface area contributed by atoms with E-state index in [-0.39, 0.29) is 6.23 Å². The third-order valence-corrected chi connectivity index (χ3v) is 3.45. The molecule has 1 fully saturated rings. The lowest BCUT2D eigenvalue weighted by Crippen LogP contribution is -2.36. The second kappa shape index (κ2) is 6.02. The van der Waals surface area contributed by atoms with E-state index < -0.39 is 0 Å². The highest BCUT2D eigenvalue weighted by Gasteiger charge is 2.20. The molecule has 0 aliphatic heterocycles. The van der Waals surface area contributed by atoms with Gasteiger partial charge in [0.05, 0.1) is 0 Å². The first-order valence-electron chi connectivity index (χ1n) is 6.31. The molecular weight excluding hydrogens is 198 g/mol. The molecule has 0 amide bonds. The van der Waals surface area contributed by atoms with Crippen LogP contribution in [0.4, 0.5) is 0 Å². The van der Waals surface area contributed by atoms with Gasteiger partial charge in [0, 0.05) is 6.54 Å². The number of rotatable bonds is 4. The normalized spacial score (nSPS) is 19.6. The van der Waals surface area contributed by atoms with Gasteiger partial charge < -0.3 is 5.11 Å². The summed E-state index contributed by atoms with van der Waals surface area (Å²) < 4.78 is 0. The van der Waals surface area contributed by atoms with Crippen LogP contribution in [0, 0.1) is 5.92 Å². The molecule has 1 saturated carbocycles. The minimum Gasteiger partial charge on any atom is -0.378 e. The SMILES string of the molecule is OC(NCc1ccccc1)C1CCCCC1. The summed E-state index contributed by atoms with van der Waals surface area (Å²) in [5.74, 6) is 0.456. The first-order valence-corrected chi connectivity index (χ1v) is 6.31. The lowest BCUT2D eigenvalue weighted by atomic mass is 9.88. The Bertz CT molecular complexity index is 293. The van der Waals surface area contributed by atoms with Gasteiger partial charge in [-0.05, 0) is 24.3 Å². The van der Waals surface area contributed by atoms with Crippen LogP contribution in [-0.4, -0.2) is 11.3 Å². The van der Waals surface area contributed by atoms with E-state index in [1.165, 1.54) is 37.7 Å². The van der Waals surface area contributed by atoms with E-state index in [0.717, 1.165) is 6.54 Å². The number of hydrogen-bond donors (Lipinski definition) is 2. The van der Waals surface area contributed by atoms with Crippen LogP contribution in [-0.2, 0) is 6.54 Å². The molecular formula is C14H21NO. The molecule has 0 saturated heterocycles. The third kappa shape index (κ3) is 3.32. The predicted molar refractivity (Wildman–Crippen MR) is 65.9 cm³/mol. The van der Waals surface area contributed by atoms with Crippen LogP contribution in [0.15, 0.2) is 30.3 Å². The van der Waals surface area contributed by atoms with Crippen molar-refractivity contribution in [1.82, 2.24) is 5.32 Å². The standard InChI is InChI=1S/C14H21NO/c16-14(13-9-5-2-6-10-13)15-11-12-7-3-1-4-8-12/h1,3-4,7-8,13-16H,2,5-6,9-11H2. The van der Waals surface area contributed by atoms with Gasteiger partial charge in [-0.15, -0.1) is 0 Å². The molecule has 0 heterocycles. The van der Waals surface area contributed by atoms with Crippen molar-refractivity contribution < 1.29 is 5.11 Å². The van der Waals surface area contributed by atoms with Crippen molar-refractivity contribution in [2.75, 3.05) is 0 Å². The monoisotopic (exact) mass is 219 g/mol. The lowest BCUT2D eigenvalue weighted by Gasteiger charge is -2.27. The highest BCUT2D eigenvalue weighted by atomic mass is 16.3. The summed E-state index contributed by atoms with van der Waals surface area (Å²) in [6, 6.07) is 10.2. The molecule has 2 nitrogen and oxygen atoms in total. The highest BCUT2D eigenvalue weighted by molar-refractivity contribution is 5.14. The van der Waals surface area contributed by atoms with E-state index >= 15 is 0 Å². The zero-order valence-electron chi connectivity index (χ0n) is 9.73. The summed E-state index contributed by atoms with van der Waals surface area (Å²) in [4.78, 5) is 0. The quantitative estimate of drug-likeness (QED) is 0.763. The van der Waals surface area contributed by atoms with E-state index in [2.05, 4.69) is 17.4 Å². The average Bonchev–Trinajstić information content (AvgIpc) is 2.38. The van der Waals surface area contributed by atoms with Crippen LogP contribution in [0.1, 0.15) is 37.7 Å². The second-order valence-corrected chi connectivity index (χ2v) is 4.71. The van der Waals surface area contributed by atoms with E-state index in [0.29, 0.717) is 5.92 Å². The van der Waals surface area contributed by atoms with Crippen molar-refractivity contribution in [1.29, 1.82) is 0 Å². The molecule has 2 N–H and O–H groups in total. The van der Waals surface area contributed by atoms with Gasteiger partial charge in [0.25, 0.3) is 0 Å². The molecule has 1 aromatic carbocycles. The predicted octanol–water partition coefficient (Wildman–Crippen LogP) is 2.67.